The lowest BCUT2D eigenvalue weighted by Gasteiger charge is -2.40. The Morgan fingerprint density at radius 2 is 1.96 bits per heavy atom. The van der Waals surface area contributed by atoms with Crippen LogP contribution >= 0.6 is 0 Å². The number of ether oxygens (including phenoxy) is 2. The first-order valence-electron chi connectivity index (χ1n) is 8.74. The second-order valence-corrected chi connectivity index (χ2v) is 6.45. The third-order valence-corrected chi connectivity index (χ3v) is 4.65. The van der Waals surface area contributed by atoms with Crippen LogP contribution in [0.4, 0.5) is 16.2 Å². The van der Waals surface area contributed by atoms with Gasteiger partial charge >= 0.3 is 6.09 Å². The molecular formula is C20H25N3O3. The van der Waals surface area contributed by atoms with E-state index in [9.17, 15) is 4.79 Å². The lowest BCUT2D eigenvalue weighted by Crippen LogP contribution is -2.54. The average molecular weight is 355 g/mol. The Balaban J connectivity index is 1.58. The molecule has 1 fully saturated rings. The summed E-state index contributed by atoms with van der Waals surface area (Å²) in [6.07, 6.45) is -0.268. The summed E-state index contributed by atoms with van der Waals surface area (Å²) < 4.78 is 10.8. The smallest absolute Gasteiger partial charge is 0.410 e. The molecule has 1 saturated heterocycles. The molecule has 0 bridgehead atoms. The van der Waals surface area contributed by atoms with Crippen molar-refractivity contribution < 1.29 is 14.3 Å². The Morgan fingerprint density at radius 1 is 1.19 bits per heavy atom. The number of benzene rings is 2. The van der Waals surface area contributed by atoms with Crippen LogP contribution in [0.15, 0.2) is 48.5 Å². The van der Waals surface area contributed by atoms with Gasteiger partial charge in [0.15, 0.2) is 0 Å². The van der Waals surface area contributed by atoms with Crippen LogP contribution < -0.4 is 15.4 Å². The lowest BCUT2D eigenvalue weighted by atomic mass is 10.1. The van der Waals surface area contributed by atoms with Crippen molar-refractivity contribution in [3.8, 4) is 5.75 Å². The van der Waals surface area contributed by atoms with E-state index in [-0.39, 0.29) is 12.1 Å². The monoisotopic (exact) mass is 355 g/mol. The van der Waals surface area contributed by atoms with Crippen LogP contribution in [0.3, 0.4) is 0 Å². The first-order chi connectivity index (χ1) is 12.6. The maximum Gasteiger partial charge on any atom is 0.410 e. The van der Waals surface area contributed by atoms with Gasteiger partial charge in [-0.05, 0) is 24.6 Å². The zero-order valence-corrected chi connectivity index (χ0v) is 15.2. The predicted molar refractivity (Wildman–Crippen MR) is 102 cm³/mol. The normalized spacial score (nSPS) is 17.1. The van der Waals surface area contributed by atoms with Crippen molar-refractivity contribution in [3.63, 3.8) is 0 Å². The van der Waals surface area contributed by atoms with Gasteiger partial charge in [-0.15, -0.1) is 0 Å². The number of carbonyl (C=O) groups excluding carboxylic acids is 1. The van der Waals surface area contributed by atoms with Gasteiger partial charge in [0.05, 0.1) is 12.8 Å². The minimum Gasteiger partial charge on any atom is -0.495 e. The zero-order chi connectivity index (χ0) is 18.5. The second kappa shape index (κ2) is 7.99. The fraction of sp³-hybridized carbons (Fsp3) is 0.350. The summed E-state index contributed by atoms with van der Waals surface area (Å²) >= 11 is 0. The summed E-state index contributed by atoms with van der Waals surface area (Å²) in [7, 11) is 1.61. The molecule has 0 spiro atoms. The van der Waals surface area contributed by atoms with Gasteiger partial charge in [-0.1, -0.05) is 30.3 Å². The first kappa shape index (κ1) is 17.9. The number of hydrogen-bond donors (Lipinski definition) is 1. The summed E-state index contributed by atoms with van der Waals surface area (Å²) in [5.41, 5.74) is 8.53. The van der Waals surface area contributed by atoms with Crippen molar-refractivity contribution in [1.29, 1.82) is 0 Å². The molecule has 0 aromatic heterocycles. The highest BCUT2D eigenvalue weighted by atomic mass is 16.6. The maximum atomic E-state index is 12.4. The number of hydrogen-bond acceptors (Lipinski definition) is 5. The highest BCUT2D eigenvalue weighted by Crippen LogP contribution is 2.28. The highest BCUT2D eigenvalue weighted by molar-refractivity contribution is 5.69. The fourth-order valence-corrected chi connectivity index (χ4v) is 3.16. The fourth-order valence-electron chi connectivity index (χ4n) is 3.16. The largest absolute Gasteiger partial charge is 0.495 e. The summed E-state index contributed by atoms with van der Waals surface area (Å²) in [6.45, 7) is 4.40. The van der Waals surface area contributed by atoms with Crippen LogP contribution in [-0.2, 0) is 11.3 Å². The molecule has 2 aromatic rings. The van der Waals surface area contributed by atoms with E-state index in [1.165, 1.54) is 0 Å². The molecule has 1 heterocycles. The number of nitrogens with zero attached hydrogens (tertiary/aromatic N) is 2. The van der Waals surface area contributed by atoms with Gasteiger partial charge < -0.3 is 25.0 Å². The van der Waals surface area contributed by atoms with Gasteiger partial charge in [0, 0.05) is 37.4 Å². The molecule has 0 saturated carbocycles. The number of nitrogen functional groups attached to an aromatic ring is 1. The third-order valence-electron chi connectivity index (χ3n) is 4.65. The highest BCUT2D eigenvalue weighted by Gasteiger charge is 2.28. The van der Waals surface area contributed by atoms with Gasteiger partial charge in [0.25, 0.3) is 0 Å². The van der Waals surface area contributed by atoms with E-state index in [4.69, 9.17) is 15.2 Å². The predicted octanol–water partition coefficient (Wildman–Crippen LogP) is 3.12. The van der Waals surface area contributed by atoms with Crippen LogP contribution in [0.25, 0.3) is 0 Å². The Hall–Kier alpha value is -2.89. The summed E-state index contributed by atoms with van der Waals surface area (Å²) in [5.74, 6) is 0.667. The molecular weight excluding hydrogens is 330 g/mol. The van der Waals surface area contributed by atoms with Gasteiger partial charge in [-0.2, -0.15) is 0 Å². The third kappa shape index (κ3) is 4.02. The van der Waals surface area contributed by atoms with Crippen LogP contribution in [0, 0.1) is 0 Å². The van der Waals surface area contributed by atoms with Gasteiger partial charge in [0.2, 0.25) is 0 Å². The molecule has 1 unspecified atom stereocenters. The zero-order valence-electron chi connectivity index (χ0n) is 15.2. The van der Waals surface area contributed by atoms with Crippen LogP contribution in [0.5, 0.6) is 5.75 Å². The van der Waals surface area contributed by atoms with E-state index < -0.39 is 0 Å². The first-order valence-corrected chi connectivity index (χ1v) is 8.74. The van der Waals surface area contributed by atoms with Crippen molar-refractivity contribution in [2.24, 2.45) is 0 Å². The molecule has 26 heavy (non-hydrogen) atoms. The maximum absolute atomic E-state index is 12.4. The van der Waals surface area contributed by atoms with Crippen molar-refractivity contribution in [2.75, 3.05) is 37.4 Å². The van der Waals surface area contributed by atoms with E-state index >= 15 is 0 Å². The molecule has 1 amide bonds. The molecule has 0 aliphatic carbocycles. The van der Waals surface area contributed by atoms with Crippen LogP contribution in [-0.4, -0.2) is 43.8 Å². The Bertz CT molecular complexity index is 751. The van der Waals surface area contributed by atoms with Gasteiger partial charge in [-0.3, -0.25) is 0 Å². The van der Waals surface area contributed by atoms with Crippen LogP contribution in [0.1, 0.15) is 12.5 Å². The number of methoxy groups -OCH3 is 1. The molecule has 2 N–H and O–H groups in total. The number of carbonyl (C=O) groups is 1. The van der Waals surface area contributed by atoms with Crippen molar-refractivity contribution in [1.82, 2.24) is 4.90 Å². The molecule has 1 aliphatic heterocycles. The van der Waals surface area contributed by atoms with Gasteiger partial charge in [-0.25, -0.2) is 4.79 Å². The van der Waals surface area contributed by atoms with E-state index in [1.807, 2.05) is 55.5 Å². The summed E-state index contributed by atoms with van der Waals surface area (Å²) in [6, 6.07) is 15.5. The Kier molecular flexibility index (Phi) is 5.51. The van der Waals surface area contributed by atoms with Gasteiger partial charge in [0.1, 0.15) is 12.4 Å². The summed E-state index contributed by atoms with van der Waals surface area (Å²) in [4.78, 5) is 16.4. The van der Waals surface area contributed by atoms with Crippen LogP contribution in [0.2, 0.25) is 0 Å². The topological polar surface area (TPSA) is 68.0 Å². The SMILES string of the molecule is COc1cc(N2CCN(C(=O)OCc3ccccc3)C(C)C2)ccc1N. The van der Waals surface area contributed by atoms with Crippen molar-refractivity contribution in [3.05, 3.63) is 54.1 Å². The molecule has 1 aliphatic rings. The molecule has 1 atom stereocenters. The van der Waals surface area contributed by atoms with E-state index in [0.717, 1.165) is 24.3 Å². The minimum atomic E-state index is -0.268. The van der Waals surface area contributed by atoms with E-state index in [2.05, 4.69) is 4.90 Å². The number of anilines is 2. The minimum absolute atomic E-state index is 0.0515. The Labute approximate surface area is 154 Å². The molecule has 6 nitrogen and oxygen atoms in total. The second-order valence-electron chi connectivity index (χ2n) is 6.45. The van der Waals surface area contributed by atoms with Crippen molar-refractivity contribution >= 4 is 17.5 Å². The summed E-state index contributed by atoms with van der Waals surface area (Å²) in [5, 5.41) is 0. The van der Waals surface area contributed by atoms with E-state index in [1.54, 1.807) is 12.0 Å². The van der Waals surface area contributed by atoms with E-state index in [0.29, 0.717) is 24.6 Å². The molecule has 0 radical (unpaired) electrons. The molecule has 2 aromatic carbocycles. The number of nitrogens with two attached hydrogens (primary N) is 1. The standard InChI is InChI=1S/C20H25N3O3/c1-15-13-22(17-8-9-18(21)19(12-17)25-2)10-11-23(15)20(24)26-14-16-6-4-3-5-7-16/h3-9,12,15H,10-11,13-14,21H2,1-2H3. The lowest BCUT2D eigenvalue weighted by molar-refractivity contribution is 0.0795. The quantitative estimate of drug-likeness (QED) is 0.854. The molecule has 6 heteroatoms. The molecule has 3 rings (SSSR count). The van der Waals surface area contributed by atoms with Crippen molar-refractivity contribution in [2.45, 2.75) is 19.6 Å². The number of rotatable bonds is 4. The Morgan fingerprint density at radius 3 is 2.65 bits per heavy atom. The molecule has 138 valence electrons. The number of piperazine rings is 1. The average Bonchev–Trinajstić information content (AvgIpc) is 2.67. The number of amides is 1.